The van der Waals surface area contributed by atoms with E-state index in [4.69, 9.17) is 5.73 Å². The van der Waals surface area contributed by atoms with Crippen molar-refractivity contribution in [3.63, 3.8) is 0 Å². The summed E-state index contributed by atoms with van der Waals surface area (Å²) in [6.45, 7) is 0.766. The number of primary amides is 1. The van der Waals surface area contributed by atoms with E-state index in [-0.39, 0.29) is 17.8 Å². The number of amides is 1. The predicted molar refractivity (Wildman–Crippen MR) is 82.2 cm³/mol. The fourth-order valence-corrected chi connectivity index (χ4v) is 2.35. The van der Waals surface area contributed by atoms with E-state index in [0.717, 1.165) is 31.4 Å². The van der Waals surface area contributed by atoms with E-state index in [2.05, 4.69) is 23.5 Å². The molecule has 0 fully saturated rings. The maximum absolute atomic E-state index is 12.8. The first kappa shape index (κ1) is 15.4. The van der Waals surface area contributed by atoms with E-state index in [1.54, 1.807) is 0 Å². The normalized spacial score (nSPS) is 19.3. The topological polar surface area (TPSA) is 55.1 Å². The minimum Gasteiger partial charge on any atom is -0.368 e. The average molecular weight is 288 g/mol. The van der Waals surface area contributed by atoms with E-state index in [9.17, 15) is 9.18 Å². The van der Waals surface area contributed by atoms with Crippen LogP contribution in [0.25, 0.3) is 0 Å². The van der Waals surface area contributed by atoms with Gasteiger partial charge in [-0.3, -0.25) is 4.79 Å². The van der Waals surface area contributed by atoms with Crippen LogP contribution in [0.15, 0.2) is 48.1 Å². The van der Waals surface area contributed by atoms with Crippen LogP contribution in [0.3, 0.4) is 0 Å². The highest BCUT2D eigenvalue weighted by Crippen LogP contribution is 2.12. The monoisotopic (exact) mass is 288 g/mol. The van der Waals surface area contributed by atoms with Gasteiger partial charge in [0.05, 0.1) is 6.04 Å². The molecule has 112 valence electrons. The van der Waals surface area contributed by atoms with Crippen molar-refractivity contribution in [2.45, 2.75) is 31.7 Å². The Kier molecular flexibility index (Phi) is 5.69. The number of carbonyl (C=O) groups is 1. The van der Waals surface area contributed by atoms with Gasteiger partial charge in [0.1, 0.15) is 5.82 Å². The van der Waals surface area contributed by atoms with Crippen LogP contribution in [0, 0.1) is 5.82 Å². The van der Waals surface area contributed by atoms with E-state index in [1.165, 1.54) is 17.7 Å². The summed E-state index contributed by atoms with van der Waals surface area (Å²) in [7, 11) is 0. The quantitative estimate of drug-likeness (QED) is 0.874. The zero-order valence-corrected chi connectivity index (χ0v) is 12.0. The number of allylic oxidation sites excluding steroid dienone is 2. The molecule has 1 amide bonds. The number of hydrogen-bond donors (Lipinski definition) is 2. The molecule has 3 nitrogen and oxygen atoms in total. The van der Waals surface area contributed by atoms with Gasteiger partial charge in [-0.2, -0.15) is 0 Å². The van der Waals surface area contributed by atoms with Crippen LogP contribution >= 0.6 is 0 Å². The minimum absolute atomic E-state index is 0.200. The van der Waals surface area contributed by atoms with E-state index in [0.29, 0.717) is 6.42 Å². The molecule has 0 saturated heterocycles. The maximum Gasteiger partial charge on any atom is 0.234 e. The molecule has 0 unspecified atom stereocenters. The van der Waals surface area contributed by atoms with Gasteiger partial charge >= 0.3 is 0 Å². The second kappa shape index (κ2) is 7.74. The lowest BCUT2D eigenvalue weighted by molar-refractivity contribution is -0.119. The molecule has 1 aliphatic heterocycles. The lowest BCUT2D eigenvalue weighted by atomic mass is 10.1. The largest absolute Gasteiger partial charge is 0.368 e. The zero-order valence-electron chi connectivity index (χ0n) is 12.0. The summed E-state index contributed by atoms with van der Waals surface area (Å²) in [6, 6.07) is 6.35. The number of halogens is 1. The van der Waals surface area contributed by atoms with E-state index >= 15 is 0 Å². The Hall–Kier alpha value is -1.94. The van der Waals surface area contributed by atoms with Gasteiger partial charge < -0.3 is 11.1 Å². The molecule has 0 spiro atoms. The molecule has 2 rings (SSSR count). The van der Waals surface area contributed by atoms with Crippen molar-refractivity contribution in [1.82, 2.24) is 5.32 Å². The first-order chi connectivity index (χ1) is 10.1. The molecule has 1 atom stereocenters. The minimum atomic E-state index is -0.298. The number of aryl methyl sites for hydroxylation is 1. The Morgan fingerprint density at radius 2 is 2.14 bits per heavy atom. The number of hydrogen-bond acceptors (Lipinski definition) is 2. The van der Waals surface area contributed by atoms with Crippen LogP contribution in [0.4, 0.5) is 4.39 Å². The molecule has 0 aliphatic carbocycles. The molecule has 4 heteroatoms. The Bertz CT molecular complexity index is 534. The van der Waals surface area contributed by atoms with E-state index in [1.807, 2.05) is 12.1 Å². The number of rotatable bonds is 5. The molecular weight excluding hydrogens is 267 g/mol. The van der Waals surface area contributed by atoms with Gasteiger partial charge in [0, 0.05) is 0 Å². The summed E-state index contributed by atoms with van der Waals surface area (Å²) < 4.78 is 12.8. The summed E-state index contributed by atoms with van der Waals surface area (Å²) in [5.74, 6) is -0.498. The van der Waals surface area contributed by atoms with Gasteiger partial charge in [0.25, 0.3) is 0 Å². The number of carbonyl (C=O) groups excluding carboxylic acids is 1. The third-order valence-electron chi connectivity index (χ3n) is 3.61. The third kappa shape index (κ3) is 5.16. The van der Waals surface area contributed by atoms with Crippen molar-refractivity contribution in [2.24, 2.45) is 5.73 Å². The number of benzene rings is 1. The van der Waals surface area contributed by atoms with Crippen molar-refractivity contribution in [3.8, 4) is 0 Å². The van der Waals surface area contributed by atoms with Gasteiger partial charge in [0.15, 0.2) is 0 Å². The van der Waals surface area contributed by atoms with Gasteiger partial charge in [-0.05, 0) is 49.9 Å². The van der Waals surface area contributed by atoms with Gasteiger partial charge in [-0.15, -0.1) is 0 Å². The molecule has 1 heterocycles. The molecule has 0 saturated carbocycles. The van der Waals surface area contributed by atoms with Gasteiger partial charge in [0.2, 0.25) is 5.91 Å². The number of nitrogens with two attached hydrogens (primary N) is 1. The molecule has 0 aromatic heterocycles. The second-order valence-corrected chi connectivity index (χ2v) is 5.24. The smallest absolute Gasteiger partial charge is 0.234 e. The molecule has 3 N–H and O–H groups in total. The van der Waals surface area contributed by atoms with Crippen molar-refractivity contribution in [1.29, 1.82) is 0 Å². The maximum atomic E-state index is 12.8. The van der Waals surface area contributed by atoms with Crippen molar-refractivity contribution >= 4 is 5.91 Å². The molecule has 1 aromatic rings. The summed E-state index contributed by atoms with van der Waals surface area (Å²) in [6.07, 6.45) is 9.66. The standard InChI is InChI=1S/C17H21FN2O/c18-15-8-5-13(6-9-15)3-1-2-4-14-7-10-16(17(19)21)20-12-11-14/h2,4-9,16,20H,1,3,10-12H2,(H2,19,21)/b4-2+/t16-/m0/s1. The van der Waals surface area contributed by atoms with Crippen molar-refractivity contribution < 1.29 is 9.18 Å². The van der Waals surface area contributed by atoms with Crippen LogP contribution < -0.4 is 11.1 Å². The fourth-order valence-electron chi connectivity index (χ4n) is 2.35. The van der Waals surface area contributed by atoms with E-state index < -0.39 is 0 Å². The Morgan fingerprint density at radius 1 is 1.38 bits per heavy atom. The molecule has 21 heavy (non-hydrogen) atoms. The van der Waals surface area contributed by atoms with Crippen LogP contribution in [0.1, 0.15) is 24.8 Å². The SMILES string of the molecule is NC(=O)[C@@H]1CC=C(/C=C/CCc2ccc(F)cc2)CCN1. The lowest BCUT2D eigenvalue weighted by Gasteiger charge is -2.09. The average Bonchev–Trinajstić information content (AvgIpc) is 2.71. The Morgan fingerprint density at radius 3 is 2.86 bits per heavy atom. The van der Waals surface area contributed by atoms with Crippen LogP contribution in [0.5, 0.6) is 0 Å². The molecule has 1 aliphatic rings. The fraction of sp³-hybridized carbons (Fsp3) is 0.353. The van der Waals surface area contributed by atoms with Crippen LogP contribution in [0.2, 0.25) is 0 Å². The second-order valence-electron chi connectivity index (χ2n) is 5.24. The highest BCUT2D eigenvalue weighted by molar-refractivity contribution is 5.80. The zero-order chi connectivity index (χ0) is 15.1. The Balaban J connectivity index is 1.81. The first-order valence-corrected chi connectivity index (χ1v) is 7.28. The highest BCUT2D eigenvalue weighted by atomic mass is 19.1. The summed E-state index contributed by atoms with van der Waals surface area (Å²) >= 11 is 0. The van der Waals surface area contributed by atoms with Gasteiger partial charge in [-0.1, -0.05) is 35.9 Å². The van der Waals surface area contributed by atoms with Crippen LogP contribution in [-0.4, -0.2) is 18.5 Å². The predicted octanol–water partition coefficient (Wildman–Crippen LogP) is 2.48. The Labute approximate surface area is 124 Å². The summed E-state index contributed by atoms with van der Waals surface area (Å²) in [4.78, 5) is 11.1. The summed E-state index contributed by atoms with van der Waals surface area (Å²) in [5.41, 5.74) is 7.66. The number of nitrogens with one attached hydrogen (secondary N) is 1. The van der Waals surface area contributed by atoms with Crippen LogP contribution in [-0.2, 0) is 11.2 Å². The molecular formula is C17H21FN2O. The third-order valence-corrected chi connectivity index (χ3v) is 3.61. The van der Waals surface area contributed by atoms with Gasteiger partial charge in [-0.25, -0.2) is 4.39 Å². The van der Waals surface area contributed by atoms with Crippen molar-refractivity contribution in [3.05, 3.63) is 59.4 Å². The lowest BCUT2D eigenvalue weighted by Crippen LogP contribution is -2.40. The highest BCUT2D eigenvalue weighted by Gasteiger charge is 2.15. The van der Waals surface area contributed by atoms with Crippen molar-refractivity contribution in [2.75, 3.05) is 6.54 Å². The first-order valence-electron chi connectivity index (χ1n) is 7.28. The molecule has 0 bridgehead atoms. The summed E-state index contributed by atoms with van der Waals surface area (Å²) in [5, 5.41) is 3.14. The molecule has 0 radical (unpaired) electrons. The molecule has 1 aromatic carbocycles.